The van der Waals surface area contributed by atoms with Gasteiger partial charge in [-0.2, -0.15) is 10.1 Å². The highest BCUT2D eigenvalue weighted by Crippen LogP contribution is 2.24. The molecule has 0 spiro atoms. The summed E-state index contributed by atoms with van der Waals surface area (Å²) in [7, 11) is 1.31. The van der Waals surface area contributed by atoms with Crippen molar-refractivity contribution in [1.82, 2.24) is 25.1 Å². The maximum Gasteiger partial charge on any atom is 0.242 e. The third-order valence-electron chi connectivity index (χ3n) is 4.35. The van der Waals surface area contributed by atoms with Gasteiger partial charge in [-0.3, -0.25) is 9.48 Å². The number of benzene rings is 1. The van der Waals surface area contributed by atoms with Crippen LogP contribution in [0.1, 0.15) is 12.5 Å². The predicted molar refractivity (Wildman–Crippen MR) is 112 cm³/mol. The van der Waals surface area contributed by atoms with Crippen LogP contribution in [0.3, 0.4) is 0 Å². The Morgan fingerprint density at radius 2 is 2.12 bits per heavy atom. The Kier molecular flexibility index (Phi) is 7.49. The minimum absolute atomic E-state index is 0.0217. The molecule has 10 nitrogen and oxygen atoms in total. The lowest BCUT2D eigenvalue weighted by molar-refractivity contribution is -0.122. The number of hydrogen-bond donors (Lipinski definition) is 4. The summed E-state index contributed by atoms with van der Waals surface area (Å²) < 4.78 is 34.6. The maximum absolute atomic E-state index is 14.3. The SMILES string of the molecule is COc1ccc(F)c(CNc2ccnc(Nc3cnn(CC(=O)NC(C)CO)c3)n2)c1F. The molecule has 0 bridgehead atoms. The number of carbonyl (C=O) groups excluding carboxylic acids is 1. The number of aromatic nitrogens is 4. The summed E-state index contributed by atoms with van der Waals surface area (Å²) in [5.41, 5.74) is 0.364. The first kappa shape index (κ1) is 22.9. The van der Waals surface area contributed by atoms with E-state index in [1.54, 1.807) is 19.2 Å². The fourth-order valence-corrected chi connectivity index (χ4v) is 2.75. The van der Waals surface area contributed by atoms with E-state index in [2.05, 4.69) is 31.0 Å². The quantitative estimate of drug-likeness (QED) is 0.371. The number of methoxy groups -OCH3 is 1. The van der Waals surface area contributed by atoms with Crippen LogP contribution in [0.25, 0.3) is 0 Å². The summed E-state index contributed by atoms with van der Waals surface area (Å²) in [5.74, 6) is -1.26. The smallest absolute Gasteiger partial charge is 0.242 e. The van der Waals surface area contributed by atoms with Crippen molar-refractivity contribution in [1.29, 1.82) is 0 Å². The van der Waals surface area contributed by atoms with Gasteiger partial charge in [0.25, 0.3) is 0 Å². The molecule has 3 rings (SSSR count). The van der Waals surface area contributed by atoms with Crippen LogP contribution in [0.2, 0.25) is 0 Å². The molecule has 32 heavy (non-hydrogen) atoms. The number of aliphatic hydroxyl groups is 1. The van der Waals surface area contributed by atoms with Gasteiger partial charge in [-0.25, -0.2) is 13.8 Å². The first-order chi connectivity index (χ1) is 15.4. The summed E-state index contributed by atoms with van der Waals surface area (Å²) in [6.45, 7) is 1.36. The second kappa shape index (κ2) is 10.5. The van der Waals surface area contributed by atoms with Gasteiger partial charge in [-0.05, 0) is 25.1 Å². The molecule has 0 saturated carbocycles. The van der Waals surface area contributed by atoms with E-state index in [-0.39, 0.29) is 48.9 Å². The number of rotatable bonds is 10. The average Bonchev–Trinajstić information content (AvgIpc) is 3.20. The van der Waals surface area contributed by atoms with Crippen molar-refractivity contribution in [2.75, 3.05) is 24.4 Å². The number of carbonyl (C=O) groups is 1. The van der Waals surface area contributed by atoms with Crippen LogP contribution in [0.4, 0.5) is 26.2 Å². The van der Waals surface area contributed by atoms with E-state index in [1.807, 2.05) is 0 Å². The second-order valence-electron chi connectivity index (χ2n) is 6.86. The van der Waals surface area contributed by atoms with Crippen molar-refractivity contribution < 1.29 is 23.4 Å². The highest BCUT2D eigenvalue weighted by atomic mass is 19.1. The van der Waals surface area contributed by atoms with Crippen LogP contribution in [-0.2, 0) is 17.9 Å². The van der Waals surface area contributed by atoms with Crippen LogP contribution in [0, 0.1) is 11.6 Å². The number of halogens is 2. The highest BCUT2D eigenvalue weighted by Gasteiger charge is 2.14. The Balaban J connectivity index is 1.62. The molecule has 4 N–H and O–H groups in total. The molecule has 3 aromatic rings. The van der Waals surface area contributed by atoms with Gasteiger partial charge < -0.3 is 25.8 Å². The van der Waals surface area contributed by atoms with E-state index >= 15 is 0 Å². The summed E-state index contributed by atoms with van der Waals surface area (Å²) in [6.07, 6.45) is 4.56. The number of anilines is 3. The Labute approximate surface area is 182 Å². The molecule has 2 heterocycles. The Hall–Kier alpha value is -3.80. The number of nitrogens with zero attached hydrogens (tertiary/aromatic N) is 4. The lowest BCUT2D eigenvalue weighted by Gasteiger charge is -2.11. The molecule has 1 amide bonds. The zero-order chi connectivity index (χ0) is 23.1. The number of ether oxygens (including phenoxy) is 1. The summed E-state index contributed by atoms with van der Waals surface area (Å²) >= 11 is 0. The molecule has 12 heteroatoms. The molecule has 2 aromatic heterocycles. The van der Waals surface area contributed by atoms with Gasteiger partial charge in [0.15, 0.2) is 11.6 Å². The van der Waals surface area contributed by atoms with Crippen LogP contribution in [0.5, 0.6) is 5.75 Å². The Bertz CT molecular complexity index is 1080. The van der Waals surface area contributed by atoms with Gasteiger partial charge in [-0.15, -0.1) is 0 Å². The summed E-state index contributed by atoms with van der Waals surface area (Å²) in [4.78, 5) is 20.2. The molecule has 1 unspecified atom stereocenters. The minimum Gasteiger partial charge on any atom is -0.494 e. The molecule has 0 aliphatic carbocycles. The van der Waals surface area contributed by atoms with E-state index in [4.69, 9.17) is 9.84 Å². The molecule has 0 fully saturated rings. The second-order valence-corrected chi connectivity index (χ2v) is 6.86. The van der Waals surface area contributed by atoms with Crippen LogP contribution >= 0.6 is 0 Å². The summed E-state index contributed by atoms with van der Waals surface area (Å²) in [6, 6.07) is 3.56. The molecule has 0 saturated heterocycles. The van der Waals surface area contributed by atoms with Gasteiger partial charge in [0.1, 0.15) is 18.2 Å². The van der Waals surface area contributed by atoms with Crippen LogP contribution in [0.15, 0.2) is 36.8 Å². The minimum atomic E-state index is -0.780. The third kappa shape index (κ3) is 5.88. The zero-order valence-corrected chi connectivity index (χ0v) is 17.5. The first-order valence-corrected chi connectivity index (χ1v) is 9.67. The Morgan fingerprint density at radius 1 is 1.31 bits per heavy atom. The predicted octanol–water partition coefficient (Wildman–Crippen LogP) is 1.81. The number of aliphatic hydroxyl groups excluding tert-OH is 1. The van der Waals surface area contributed by atoms with Gasteiger partial charge in [0.2, 0.25) is 11.9 Å². The molecule has 1 aromatic carbocycles. The summed E-state index contributed by atoms with van der Waals surface area (Å²) in [5, 5.41) is 21.5. The van der Waals surface area contributed by atoms with Crippen molar-refractivity contribution in [3.63, 3.8) is 0 Å². The third-order valence-corrected chi connectivity index (χ3v) is 4.35. The first-order valence-electron chi connectivity index (χ1n) is 9.67. The number of amides is 1. The monoisotopic (exact) mass is 447 g/mol. The van der Waals surface area contributed by atoms with E-state index < -0.39 is 11.6 Å². The molecule has 170 valence electrons. The topological polar surface area (TPSA) is 126 Å². The normalized spacial score (nSPS) is 11.7. The van der Waals surface area contributed by atoms with Crippen LogP contribution < -0.4 is 20.7 Å². The molecule has 0 aliphatic heterocycles. The Morgan fingerprint density at radius 3 is 2.88 bits per heavy atom. The fraction of sp³-hybridized carbons (Fsp3) is 0.300. The molecule has 0 radical (unpaired) electrons. The van der Waals surface area contributed by atoms with Gasteiger partial charge in [0.05, 0.1) is 25.6 Å². The number of hydrogen-bond acceptors (Lipinski definition) is 8. The van der Waals surface area contributed by atoms with Crippen molar-refractivity contribution in [2.24, 2.45) is 0 Å². The molecule has 1 atom stereocenters. The lowest BCUT2D eigenvalue weighted by atomic mass is 10.2. The number of nitrogens with one attached hydrogen (secondary N) is 3. The van der Waals surface area contributed by atoms with Crippen molar-refractivity contribution in [3.05, 3.63) is 54.0 Å². The van der Waals surface area contributed by atoms with E-state index in [0.29, 0.717) is 11.5 Å². The van der Waals surface area contributed by atoms with Crippen LogP contribution in [-0.4, -0.2) is 50.5 Å². The van der Waals surface area contributed by atoms with Crippen molar-refractivity contribution in [2.45, 2.75) is 26.1 Å². The highest BCUT2D eigenvalue weighted by molar-refractivity contribution is 5.76. The van der Waals surface area contributed by atoms with Gasteiger partial charge in [-0.1, -0.05) is 0 Å². The van der Waals surface area contributed by atoms with Gasteiger partial charge >= 0.3 is 0 Å². The lowest BCUT2D eigenvalue weighted by Crippen LogP contribution is -2.37. The standard InChI is InChI=1S/C20H23F2N7O3/c1-12(11-30)26-18(31)10-29-9-13(7-25-29)27-20-23-6-5-17(28-20)24-8-14-15(21)3-4-16(32-2)19(14)22/h3-7,9,12,30H,8,10-11H2,1-2H3,(H,26,31)(H2,23,24,27,28). The zero-order valence-electron chi connectivity index (χ0n) is 17.5. The molecular weight excluding hydrogens is 424 g/mol. The van der Waals surface area contributed by atoms with Crippen molar-refractivity contribution >= 4 is 23.4 Å². The van der Waals surface area contributed by atoms with E-state index in [1.165, 1.54) is 30.3 Å². The molecule has 0 aliphatic rings. The van der Waals surface area contributed by atoms with E-state index in [0.717, 1.165) is 6.07 Å². The fourth-order valence-electron chi connectivity index (χ4n) is 2.75. The largest absolute Gasteiger partial charge is 0.494 e. The van der Waals surface area contributed by atoms with Crippen molar-refractivity contribution in [3.8, 4) is 5.75 Å². The maximum atomic E-state index is 14.3. The molecular formula is C20H23F2N7O3. The van der Waals surface area contributed by atoms with Gasteiger partial charge in [0, 0.05) is 30.5 Å². The average molecular weight is 447 g/mol. The van der Waals surface area contributed by atoms with E-state index in [9.17, 15) is 13.6 Å².